The minimum atomic E-state index is -0.973. The number of hydrogen-bond donors (Lipinski definition) is 4. The summed E-state index contributed by atoms with van der Waals surface area (Å²) in [5.41, 5.74) is 5.40. The maximum absolute atomic E-state index is 14.2. The number of carbonyl (C=O) groups is 4. The Hall–Kier alpha value is -6.76. The van der Waals surface area contributed by atoms with Gasteiger partial charge in [-0.1, -0.05) is 86.1 Å². The van der Waals surface area contributed by atoms with E-state index in [1.54, 1.807) is 11.3 Å². The van der Waals surface area contributed by atoms with Gasteiger partial charge >= 0.3 is 0 Å². The van der Waals surface area contributed by atoms with Crippen molar-refractivity contribution in [3.05, 3.63) is 129 Å². The van der Waals surface area contributed by atoms with Gasteiger partial charge in [-0.15, -0.1) is 21.5 Å². The van der Waals surface area contributed by atoms with Crippen molar-refractivity contribution in [3.63, 3.8) is 0 Å². The van der Waals surface area contributed by atoms with Crippen LogP contribution in [0.3, 0.4) is 0 Å². The van der Waals surface area contributed by atoms with Crippen LogP contribution in [0.1, 0.15) is 110 Å². The first-order valence-electron chi connectivity index (χ1n) is 23.8. The van der Waals surface area contributed by atoms with Crippen LogP contribution in [-0.2, 0) is 25.6 Å². The van der Waals surface area contributed by atoms with E-state index >= 15 is 0 Å². The van der Waals surface area contributed by atoms with E-state index in [9.17, 15) is 24.3 Å². The van der Waals surface area contributed by atoms with E-state index in [0.29, 0.717) is 40.8 Å². The van der Waals surface area contributed by atoms with Crippen molar-refractivity contribution in [2.24, 2.45) is 10.4 Å². The average Bonchev–Trinajstić information content (AvgIpc) is 4.13. The fourth-order valence-corrected chi connectivity index (χ4v) is 10.7. The second kappa shape index (κ2) is 20.2. The molecule has 3 aromatic heterocycles. The van der Waals surface area contributed by atoms with Crippen LogP contribution in [0.25, 0.3) is 16.4 Å². The summed E-state index contributed by atoms with van der Waals surface area (Å²) in [7, 11) is 0. The summed E-state index contributed by atoms with van der Waals surface area (Å²) in [6.07, 6.45) is 1.65. The molecule has 4 N–H and O–H groups in total. The number of rotatable bonds is 14. The van der Waals surface area contributed by atoms with Crippen molar-refractivity contribution in [2.75, 3.05) is 6.54 Å². The number of likely N-dealkylation sites (tertiary alicyclic amines) is 1. The Kier molecular flexibility index (Phi) is 14.0. The highest BCUT2D eigenvalue weighted by atomic mass is 35.5. The number of aliphatic hydroxyl groups excluding tert-OH is 1. The number of nitrogens with one attached hydrogen (secondary N) is 3. The van der Waals surface area contributed by atoms with Gasteiger partial charge in [0, 0.05) is 58.4 Å². The minimum Gasteiger partial charge on any atom is -0.490 e. The molecule has 71 heavy (non-hydrogen) atoms. The molecule has 0 spiro atoms. The van der Waals surface area contributed by atoms with Crippen LogP contribution in [0.5, 0.6) is 5.75 Å². The van der Waals surface area contributed by atoms with Crippen molar-refractivity contribution in [1.29, 1.82) is 0 Å². The summed E-state index contributed by atoms with van der Waals surface area (Å²) in [6.45, 7) is 13.4. The molecule has 2 fully saturated rings. The van der Waals surface area contributed by atoms with Gasteiger partial charge in [0.15, 0.2) is 5.82 Å². The number of amides is 4. The normalized spacial score (nSPS) is 20.4. The van der Waals surface area contributed by atoms with Gasteiger partial charge in [0.25, 0.3) is 0 Å². The van der Waals surface area contributed by atoms with E-state index in [-0.39, 0.29) is 49.8 Å². The Labute approximate surface area is 420 Å². The number of halogens is 1. The molecule has 17 nitrogen and oxygen atoms in total. The van der Waals surface area contributed by atoms with E-state index in [1.165, 1.54) is 16.2 Å². The smallest absolute Gasteiger partial charge is 0.246 e. The molecule has 370 valence electrons. The Morgan fingerprint density at radius 2 is 1.62 bits per heavy atom. The van der Waals surface area contributed by atoms with Gasteiger partial charge in [-0.25, -0.2) is 0 Å². The van der Waals surface area contributed by atoms with Gasteiger partial charge in [0.1, 0.15) is 40.8 Å². The molecule has 5 atom stereocenters. The molecule has 2 aliphatic heterocycles. The fourth-order valence-electron chi connectivity index (χ4n) is 9.38. The number of aromatic nitrogens is 5. The lowest BCUT2D eigenvalue weighted by atomic mass is 9.85. The first kappa shape index (κ1) is 49.2. The number of hydrogen-bond acceptors (Lipinski definition) is 13. The SMILES string of the molecule is Cc1sc2c(c1C)C(c1ccc(Cl)cc1)=N[C@@H](CC(=O)N[C@H]1C[C@H](Oc3ccc(CC(=O)N[C@H](C(=O)N4C[C@H](O)C[C@H]4C(=O)N[C@@H](C)c4ccc(-c5ncon5)cc4)C(C)(C)C)cc3)C1)c1nnc(C)n1-2. The zero-order valence-corrected chi connectivity index (χ0v) is 42.2. The fraction of sp³-hybridized carbons (Fsp3) is 0.404. The highest BCUT2D eigenvalue weighted by molar-refractivity contribution is 7.15. The van der Waals surface area contributed by atoms with Crippen molar-refractivity contribution in [2.45, 2.75) is 123 Å². The summed E-state index contributed by atoms with van der Waals surface area (Å²) in [6, 6.07) is 19.2. The van der Waals surface area contributed by atoms with Crippen LogP contribution in [-0.4, -0.2) is 101 Å². The summed E-state index contributed by atoms with van der Waals surface area (Å²) in [4.78, 5) is 67.0. The zero-order valence-electron chi connectivity index (χ0n) is 40.6. The van der Waals surface area contributed by atoms with Crippen LogP contribution in [0, 0.1) is 26.2 Å². The van der Waals surface area contributed by atoms with E-state index in [1.807, 2.05) is 112 Å². The van der Waals surface area contributed by atoms with Gasteiger partial charge in [-0.2, -0.15) is 4.98 Å². The maximum Gasteiger partial charge on any atom is 0.246 e. The third-order valence-electron chi connectivity index (χ3n) is 13.5. The van der Waals surface area contributed by atoms with Crippen LogP contribution in [0.2, 0.25) is 5.02 Å². The highest BCUT2D eigenvalue weighted by Crippen LogP contribution is 2.40. The van der Waals surface area contributed by atoms with Crippen LogP contribution < -0.4 is 20.7 Å². The summed E-state index contributed by atoms with van der Waals surface area (Å²) in [5, 5.41) is 34.2. The van der Waals surface area contributed by atoms with Crippen molar-refractivity contribution in [3.8, 4) is 22.1 Å². The van der Waals surface area contributed by atoms with E-state index in [4.69, 9.17) is 25.9 Å². The molecule has 1 aliphatic carbocycles. The van der Waals surface area contributed by atoms with Crippen molar-refractivity contribution in [1.82, 2.24) is 45.8 Å². The number of aliphatic hydroxyl groups is 1. The number of carbonyl (C=O) groups excluding carboxylic acids is 4. The summed E-state index contributed by atoms with van der Waals surface area (Å²) in [5.74, 6) is 1.08. The van der Waals surface area contributed by atoms with E-state index < -0.39 is 47.5 Å². The molecule has 9 rings (SSSR count). The van der Waals surface area contributed by atoms with Gasteiger partial charge in [0.2, 0.25) is 35.8 Å². The van der Waals surface area contributed by atoms with Crippen molar-refractivity contribution < 1.29 is 33.5 Å². The third-order valence-corrected chi connectivity index (χ3v) is 14.9. The Morgan fingerprint density at radius 3 is 2.30 bits per heavy atom. The van der Waals surface area contributed by atoms with E-state index in [0.717, 1.165) is 44.4 Å². The third kappa shape index (κ3) is 10.6. The molecular weight excluding hydrogens is 944 g/mol. The average molecular weight is 1000 g/mol. The maximum atomic E-state index is 14.2. The van der Waals surface area contributed by atoms with E-state index in [2.05, 4.69) is 50.1 Å². The lowest BCUT2D eigenvalue weighted by Crippen LogP contribution is -2.58. The first-order valence-corrected chi connectivity index (χ1v) is 25.0. The Balaban J connectivity index is 0.769. The predicted molar refractivity (Wildman–Crippen MR) is 267 cm³/mol. The first-order chi connectivity index (χ1) is 33.9. The number of thiophene rings is 1. The lowest BCUT2D eigenvalue weighted by molar-refractivity contribution is -0.144. The van der Waals surface area contributed by atoms with Gasteiger partial charge in [-0.05, 0) is 74.1 Å². The quantitative estimate of drug-likeness (QED) is 0.0882. The largest absolute Gasteiger partial charge is 0.490 e. The molecular formula is C52H57ClN10O7S. The minimum absolute atomic E-state index is 0.00280. The molecule has 0 unspecified atom stereocenters. The molecule has 4 amide bonds. The number of aryl methyl sites for hydroxylation is 2. The second-order valence-electron chi connectivity index (χ2n) is 19.8. The van der Waals surface area contributed by atoms with Crippen LogP contribution in [0.15, 0.2) is 88.7 Å². The summed E-state index contributed by atoms with van der Waals surface area (Å²) >= 11 is 7.93. The number of aliphatic imine (C=N–C) groups is 1. The monoisotopic (exact) mass is 1000 g/mol. The topological polar surface area (TPSA) is 219 Å². The number of benzene rings is 3. The number of ether oxygens (including phenoxy) is 1. The molecule has 0 bridgehead atoms. The van der Waals surface area contributed by atoms with Crippen molar-refractivity contribution >= 4 is 52.3 Å². The zero-order chi connectivity index (χ0) is 50.3. The molecule has 0 radical (unpaired) electrons. The highest BCUT2D eigenvalue weighted by Gasteiger charge is 2.45. The Bertz CT molecular complexity index is 2960. The van der Waals surface area contributed by atoms with Crippen LogP contribution in [0.4, 0.5) is 0 Å². The Morgan fingerprint density at radius 1 is 0.915 bits per heavy atom. The molecule has 6 aromatic rings. The van der Waals surface area contributed by atoms with Gasteiger partial charge in [0.05, 0.1) is 30.7 Å². The van der Waals surface area contributed by atoms with Gasteiger partial charge < -0.3 is 35.2 Å². The lowest BCUT2D eigenvalue weighted by Gasteiger charge is -2.36. The number of β-amino-alcohol motifs (C(OH)–C–C–N with tert-alkyl or cyclic N) is 1. The molecule has 1 saturated heterocycles. The second-order valence-corrected chi connectivity index (χ2v) is 21.4. The molecule has 19 heteroatoms. The molecule has 3 aliphatic rings. The molecule has 3 aromatic carbocycles. The predicted octanol–water partition coefficient (Wildman–Crippen LogP) is 6.88. The number of nitrogens with zero attached hydrogens (tertiary/aromatic N) is 7. The molecule has 1 saturated carbocycles. The molecule has 5 heterocycles. The standard InChI is InChI=1S/C52H57ClN10O7S/c1-27-29(3)71-51-44(27)45(33-14-16-35(53)17-15-33)57-40(48-60-59-30(4)63(48)51)24-43(66)56-36-21-39(22-36)70-38-18-8-31(9-19-38)20-42(65)58-46(52(5,6)7)50(68)62-25-37(64)23-41(62)49(67)55-28(2)32-10-12-34(13-11-32)47-54-26-69-61-47/h8-19,26,28,36-37,39-41,46,64H,20-25H2,1-7H3,(H,55,67)(H,56,66)(H,58,65)/t28-,36-,37+,39-,40-,41-,46+/m0/s1. The van der Waals surface area contributed by atoms with Gasteiger partial charge in [-0.3, -0.25) is 28.7 Å². The number of fused-ring (bicyclic) bond motifs is 3. The summed E-state index contributed by atoms with van der Waals surface area (Å²) < 4.78 is 13.1. The van der Waals surface area contributed by atoms with Crippen LogP contribution >= 0.6 is 22.9 Å².